The minimum absolute atomic E-state index is 0.0342. The number of amides is 1. The molecule has 1 saturated heterocycles. The third-order valence-corrected chi connectivity index (χ3v) is 5.85. The number of fused-ring (bicyclic) bond motifs is 1. The molecule has 1 aliphatic rings. The lowest BCUT2D eigenvalue weighted by Gasteiger charge is -2.26. The molecule has 0 spiro atoms. The van der Waals surface area contributed by atoms with E-state index in [-0.39, 0.29) is 34.3 Å². The highest BCUT2D eigenvalue weighted by atomic mass is 35.5. The molecule has 174 valence electrons. The van der Waals surface area contributed by atoms with E-state index in [4.69, 9.17) is 22.1 Å². The van der Waals surface area contributed by atoms with Crippen LogP contribution in [0.15, 0.2) is 42.7 Å². The number of carbonyl (C=O) groups is 1. The molecule has 1 atom stereocenters. The molecular formula is C22H21ClN8O3. The summed E-state index contributed by atoms with van der Waals surface area (Å²) < 4.78 is 6.84. The number of morpholine rings is 1. The van der Waals surface area contributed by atoms with E-state index in [1.54, 1.807) is 48.5 Å². The molecule has 3 N–H and O–H groups in total. The van der Waals surface area contributed by atoms with Gasteiger partial charge in [-0.2, -0.15) is 10.1 Å². The zero-order valence-corrected chi connectivity index (χ0v) is 19.0. The van der Waals surface area contributed by atoms with Crippen LogP contribution in [-0.4, -0.2) is 71.9 Å². The highest BCUT2D eigenvalue weighted by Crippen LogP contribution is 2.31. The molecule has 1 amide bonds. The lowest BCUT2D eigenvalue weighted by Crippen LogP contribution is -2.41. The van der Waals surface area contributed by atoms with Crippen LogP contribution in [0, 0.1) is 0 Å². The second-order valence-corrected chi connectivity index (χ2v) is 8.34. The van der Waals surface area contributed by atoms with E-state index in [9.17, 15) is 9.90 Å². The van der Waals surface area contributed by atoms with Gasteiger partial charge in [0.25, 0.3) is 5.91 Å². The number of anilines is 1. The number of halogens is 1. The SMILES string of the molecule is CC(O)(c1ccc2c(C(=O)N3CCOCC3)nn(-c3cc(Cl)nc(N)n3)c2c1)c1ncccn1. The number of nitrogens with zero attached hydrogens (tertiary/aromatic N) is 7. The summed E-state index contributed by atoms with van der Waals surface area (Å²) in [6.45, 7) is 3.47. The molecule has 0 aliphatic carbocycles. The Balaban J connectivity index is 1.69. The third-order valence-electron chi connectivity index (χ3n) is 5.66. The molecule has 11 nitrogen and oxygen atoms in total. The zero-order valence-electron chi connectivity index (χ0n) is 18.2. The number of carbonyl (C=O) groups excluding carboxylic acids is 1. The van der Waals surface area contributed by atoms with E-state index in [0.717, 1.165) is 0 Å². The van der Waals surface area contributed by atoms with Crippen LogP contribution in [0.2, 0.25) is 5.15 Å². The summed E-state index contributed by atoms with van der Waals surface area (Å²) in [4.78, 5) is 31.6. The first-order valence-corrected chi connectivity index (χ1v) is 10.9. The van der Waals surface area contributed by atoms with Gasteiger partial charge in [-0.25, -0.2) is 19.6 Å². The lowest BCUT2D eigenvalue weighted by atomic mass is 9.94. The van der Waals surface area contributed by atoms with Gasteiger partial charge in [-0.3, -0.25) is 4.79 Å². The maximum Gasteiger partial charge on any atom is 0.275 e. The zero-order chi connectivity index (χ0) is 23.9. The van der Waals surface area contributed by atoms with Gasteiger partial charge in [-0.15, -0.1) is 0 Å². The largest absolute Gasteiger partial charge is 0.378 e. The molecule has 0 bridgehead atoms. The molecular weight excluding hydrogens is 460 g/mol. The first kappa shape index (κ1) is 22.1. The van der Waals surface area contributed by atoms with Gasteiger partial charge in [0.1, 0.15) is 10.8 Å². The van der Waals surface area contributed by atoms with Crippen LogP contribution in [0.1, 0.15) is 28.8 Å². The number of ether oxygens (including phenoxy) is 1. The van der Waals surface area contributed by atoms with Crippen LogP contribution in [-0.2, 0) is 10.3 Å². The Labute approximate surface area is 199 Å². The molecule has 4 aromatic rings. The number of aliphatic hydroxyl groups is 1. The average Bonchev–Trinajstić information content (AvgIpc) is 3.23. The topological polar surface area (TPSA) is 145 Å². The molecule has 0 radical (unpaired) electrons. The number of nitrogen functional groups attached to an aromatic ring is 1. The number of hydrogen-bond donors (Lipinski definition) is 2. The monoisotopic (exact) mass is 480 g/mol. The average molecular weight is 481 g/mol. The predicted octanol–water partition coefficient (Wildman–Crippen LogP) is 1.57. The van der Waals surface area contributed by atoms with Crippen molar-refractivity contribution in [2.45, 2.75) is 12.5 Å². The number of aromatic nitrogens is 6. The van der Waals surface area contributed by atoms with Gasteiger partial charge in [0, 0.05) is 36.9 Å². The Morgan fingerprint density at radius 3 is 2.62 bits per heavy atom. The summed E-state index contributed by atoms with van der Waals surface area (Å²) >= 11 is 6.11. The first-order valence-electron chi connectivity index (χ1n) is 10.5. The van der Waals surface area contributed by atoms with Crippen LogP contribution >= 0.6 is 11.6 Å². The number of hydrogen-bond acceptors (Lipinski definition) is 9. The van der Waals surface area contributed by atoms with E-state index in [0.29, 0.717) is 42.8 Å². The van der Waals surface area contributed by atoms with Gasteiger partial charge in [0.2, 0.25) is 5.95 Å². The van der Waals surface area contributed by atoms with Crippen LogP contribution in [0.4, 0.5) is 5.95 Å². The second kappa shape index (κ2) is 8.60. The Bertz CT molecular complexity index is 1350. The van der Waals surface area contributed by atoms with Crippen molar-refractivity contribution < 1.29 is 14.6 Å². The van der Waals surface area contributed by atoms with Crippen molar-refractivity contribution in [3.63, 3.8) is 0 Å². The standard InChI is InChI=1S/C22H21ClN8O3/c1-22(33,20-25-5-2-6-26-20)13-3-4-14-15(11-13)31(17-12-16(23)27-21(24)28-17)29-18(14)19(32)30-7-9-34-10-8-30/h2-6,11-12,33H,7-10H2,1H3,(H2,24,27,28). The minimum Gasteiger partial charge on any atom is -0.378 e. The van der Waals surface area contributed by atoms with Gasteiger partial charge in [-0.1, -0.05) is 17.7 Å². The van der Waals surface area contributed by atoms with E-state index in [1.165, 1.54) is 10.7 Å². The molecule has 5 rings (SSSR count). The van der Waals surface area contributed by atoms with Crippen molar-refractivity contribution in [1.29, 1.82) is 0 Å². The van der Waals surface area contributed by atoms with Crippen LogP contribution in [0.25, 0.3) is 16.7 Å². The maximum atomic E-state index is 13.3. The summed E-state index contributed by atoms with van der Waals surface area (Å²) in [6.07, 6.45) is 3.12. The van der Waals surface area contributed by atoms with E-state index < -0.39 is 5.60 Å². The second-order valence-electron chi connectivity index (χ2n) is 7.95. The van der Waals surface area contributed by atoms with E-state index >= 15 is 0 Å². The summed E-state index contributed by atoms with van der Waals surface area (Å²) in [5.74, 6) is 0.259. The van der Waals surface area contributed by atoms with Crippen molar-refractivity contribution in [3.8, 4) is 5.82 Å². The molecule has 1 aromatic carbocycles. The molecule has 1 fully saturated rings. The van der Waals surface area contributed by atoms with Crippen molar-refractivity contribution >= 4 is 34.4 Å². The van der Waals surface area contributed by atoms with Crippen LogP contribution < -0.4 is 5.73 Å². The first-order chi connectivity index (χ1) is 16.3. The molecule has 1 aliphatic heterocycles. The normalized spacial score (nSPS) is 15.9. The molecule has 3 aromatic heterocycles. The maximum absolute atomic E-state index is 13.3. The number of rotatable bonds is 4. The molecule has 34 heavy (non-hydrogen) atoms. The Morgan fingerprint density at radius 1 is 1.18 bits per heavy atom. The molecule has 0 saturated carbocycles. The fraction of sp³-hybridized carbons (Fsp3) is 0.273. The highest BCUT2D eigenvalue weighted by Gasteiger charge is 2.31. The minimum atomic E-state index is -1.50. The van der Waals surface area contributed by atoms with Gasteiger partial charge in [0.15, 0.2) is 17.3 Å². The van der Waals surface area contributed by atoms with E-state index in [1.807, 2.05) is 0 Å². The molecule has 12 heteroatoms. The van der Waals surface area contributed by atoms with Crippen molar-refractivity contribution in [3.05, 3.63) is 65.0 Å². The lowest BCUT2D eigenvalue weighted by molar-refractivity contribution is 0.0300. The molecule has 1 unspecified atom stereocenters. The van der Waals surface area contributed by atoms with Gasteiger partial charge in [0.05, 0.1) is 18.7 Å². The fourth-order valence-electron chi connectivity index (χ4n) is 3.88. The van der Waals surface area contributed by atoms with Gasteiger partial charge >= 0.3 is 0 Å². The third kappa shape index (κ3) is 3.94. The summed E-state index contributed by atoms with van der Waals surface area (Å²) in [5.41, 5.74) is 5.58. The van der Waals surface area contributed by atoms with Crippen molar-refractivity contribution in [2.75, 3.05) is 32.0 Å². The quantitative estimate of drug-likeness (QED) is 0.415. The Morgan fingerprint density at radius 2 is 1.91 bits per heavy atom. The van der Waals surface area contributed by atoms with E-state index in [2.05, 4.69) is 25.0 Å². The number of benzene rings is 1. The fourth-order valence-corrected chi connectivity index (χ4v) is 4.06. The van der Waals surface area contributed by atoms with Gasteiger partial charge < -0.3 is 20.5 Å². The number of nitrogens with two attached hydrogens (primary N) is 1. The van der Waals surface area contributed by atoms with Crippen LogP contribution in [0.3, 0.4) is 0 Å². The summed E-state index contributed by atoms with van der Waals surface area (Å²) in [7, 11) is 0. The highest BCUT2D eigenvalue weighted by molar-refractivity contribution is 6.29. The Kier molecular flexibility index (Phi) is 5.60. The van der Waals surface area contributed by atoms with Crippen LogP contribution in [0.5, 0.6) is 0 Å². The smallest absolute Gasteiger partial charge is 0.275 e. The van der Waals surface area contributed by atoms with Crippen molar-refractivity contribution in [2.24, 2.45) is 0 Å². The Hall–Kier alpha value is -3.67. The van der Waals surface area contributed by atoms with Gasteiger partial charge in [-0.05, 0) is 30.7 Å². The van der Waals surface area contributed by atoms with Crippen molar-refractivity contribution in [1.82, 2.24) is 34.6 Å². The predicted molar refractivity (Wildman–Crippen MR) is 124 cm³/mol. The summed E-state index contributed by atoms with van der Waals surface area (Å²) in [6, 6.07) is 8.36. The molecule has 4 heterocycles. The summed E-state index contributed by atoms with van der Waals surface area (Å²) in [5, 5.41) is 16.6.